The minimum Gasteiger partial charge on any atom is -0.435 e. The SMILES string of the molecule is C=COC(=O)CCCCCCC/C=C\C[C@H](O)CCCCCC. The van der Waals surface area contributed by atoms with Crippen molar-refractivity contribution in [1.82, 2.24) is 0 Å². The molecule has 0 saturated heterocycles. The van der Waals surface area contributed by atoms with Gasteiger partial charge < -0.3 is 9.84 Å². The van der Waals surface area contributed by atoms with Crippen LogP contribution in [0.5, 0.6) is 0 Å². The maximum Gasteiger partial charge on any atom is 0.310 e. The molecule has 0 heterocycles. The summed E-state index contributed by atoms with van der Waals surface area (Å²) in [6.45, 7) is 5.57. The van der Waals surface area contributed by atoms with Crippen LogP contribution in [-0.4, -0.2) is 17.2 Å². The molecule has 134 valence electrons. The van der Waals surface area contributed by atoms with E-state index in [1.165, 1.54) is 38.4 Å². The lowest BCUT2D eigenvalue weighted by atomic mass is 10.1. The van der Waals surface area contributed by atoms with Gasteiger partial charge in [-0.3, -0.25) is 4.79 Å². The van der Waals surface area contributed by atoms with Crippen LogP contribution in [0.2, 0.25) is 0 Å². The number of aliphatic hydroxyl groups excluding tert-OH is 1. The maximum atomic E-state index is 11.1. The number of ether oxygens (including phenoxy) is 1. The molecular weight excluding hydrogens is 288 g/mol. The zero-order valence-electron chi connectivity index (χ0n) is 15.0. The molecule has 0 fully saturated rings. The van der Waals surface area contributed by atoms with E-state index in [2.05, 4.69) is 30.4 Å². The molecule has 0 aromatic heterocycles. The highest BCUT2D eigenvalue weighted by atomic mass is 16.5. The monoisotopic (exact) mass is 324 g/mol. The van der Waals surface area contributed by atoms with Crippen molar-refractivity contribution in [2.45, 2.75) is 96.5 Å². The molecular formula is C20H36O3. The van der Waals surface area contributed by atoms with Gasteiger partial charge in [0, 0.05) is 6.42 Å². The summed E-state index contributed by atoms with van der Waals surface area (Å²) >= 11 is 0. The standard InChI is InChI=1S/C20H36O3/c1-3-5-6-13-16-19(21)17-14-11-9-7-8-10-12-15-18-20(22)23-4-2/h4,11,14,19,21H,2-3,5-10,12-13,15-18H2,1H3/b14-11-/t19-/m1/s1. The fourth-order valence-corrected chi connectivity index (χ4v) is 2.51. The molecule has 0 aromatic carbocycles. The molecule has 1 N–H and O–H groups in total. The summed E-state index contributed by atoms with van der Waals surface area (Å²) in [4.78, 5) is 11.1. The number of esters is 1. The quantitative estimate of drug-likeness (QED) is 0.172. The summed E-state index contributed by atoms with van der Waals surface area (Å²) in [5.74, 6) is -0.184. The van der Waals surface area contributed by atoms with Crippen LogP contribution in [0.1, 0.15) is 90.4 Å². The van der Waals surface area contributed by atoms with Gasteiger partial charge in [0.05, 0.1) is 12.4 Å². The first-order chi connectivity index (χ1) is 11.2. The first-order valence-electron chi connectivity index (χ1n) is 9.34. The van der Waals surface area contributed by atoms with E-state index in [-0.39, 0.29) is 12.1 Å². The number of carbonyl (C=O) groups is 1. The normalized spacial score (nSPS) is 12.4. The van der Waals surface area contributed by atoms with E-state index in [9.17, 15) is 9.90 Å². The van der Waals surface area contributed by atoms with Gasteiger partial charge in [0.25, 0.3) is 0 Å². The van der Waals surface area contributed by atoms with Gasteiger partial charge in [-0.15, -0.1) is 0 Å². The van der Waals surface area contributed by atoms with Gasteiger partial charge in [-0.05, 0) is 32.1 Å². The molecule has 3 nitrogen and oxygen atoms in total. The molecule has 0 aromatic rings. The summed E-state index contributed by atoms with van der Waals surface area (Å²) in [6.07, 6.45) is 19.0. The molecule has 3 heteroatoms. The lowest BCUT2D eigenvalue weighted by molar-refractivity contribution is -0.138. The molecule has 0 radical (unpaired) electrons. The van der Waals surface area contributed by atoms with E-state index < -0.39 is 0 Å². The Morgan fingerprint density at radius 1 is 1.04 bits per heavy atom. The molecule has 0 spiro atoms. The van der Waals surface area contributed by atoms with Crippen LogP contribution in [0, 0.1) is 0 Å². The van der Waals surface area contributed by atoms with Crippen LogP contribution < -0.4 is 0 Å². The average molecular weight is 325 g/mol. The predicted molar refractivity (Wildman–Crippen MR) is 97.1 cm³/mol. The average Bonchev–Trinajstić information content (AvgIpc) is 2.53. The Balaban J connectivity index is 3.30. The smallest absolute Gasteiger partial charge is 0.310 e. The van der Waals surface area contributed by atoms with Crippen molar-refractivity contribution in [2.75, 3.05) is 0 Å². The lowest BCUT2D eigenvalue weighted by Crippen LogP contribution is -2.04. The fraction of sp³-hybridized carbons (Fsp3) is 0.750. The summed E-state index contributed by atoms with van der Waals surface area (Å²) in [5.41, 5.74) is 0. The van der Waals surface area contributed by atoms with Crippen molar-refractivity contribution in [1.29, 1.82) is 0 Å². The highest BCUT2D eigenvalue weighted by Crippen LogP contribution is 2.10. The Kier molecular flexibility index (Phi) is 16.4. The number of aliphatic hydroxyl groups is 1. The molecule has 0 saturated carbocycles. The van der Waals surface area contributed by atoms with Crippen LogP contribution in [0.4, 0.5) is 0 Å². The van der Waals surface area contributed by atoms with Crippen molar-refractivity contribution in [3.05, 3.63) is 25.0 Å². The van der Waals surface area contributed by atoms with Gasteiger partial charge >= 0.3 is 5.97 Å². The third kappa shape index (κ3) is 17.1. The molecule has 0 unspecified atom stereocenters. The lowest BCUT2D eigenvalue weighted by Gasteiger charge is -2.07. The van der Waals surface area contributed by atoms with Gasteiger partial charge in [0.2, 0.25) is 0 Å². The first-order valence-corrected chi connectivity index (χ1v) is 9.34. The van der Waals surface area contributed by atoms with Crippen molar-refractivity contribution in [3.63, 3.8) is 0 Å². The number of carbonyl (C=O) groups excluding carboxylic acids is 1. The zero-order chi connectivity index (χ0) is 17.2. The van der Waals surface area contributed by atoms with Crippen LogP contribution in [-0.2, 0) is 9.53 Å². The molecule has 0 aliphatic rings. The number of hydrogen-bond donors (Lipinski definition) is 1. The van der Waals surface area contributed by atoms with Crippen molar-refractivity contribution in [2.24, 2.45) is 0 Å². The summed E-state index contributed by atoms with van der Waals surface area (Å²) in [7, 11) is 0. The zero-order valence-corrected chi connectivity index (χ0v) is 15.0. The number of unbranched alkanes of at least 4 members (excludes halogenated alkanes) is 8. The minimum absolute atomic E-state index is 0.168. The molecule has 0 amide bonds. The number of rotatable bonds is 16. The second-order valence-electron chi connectivity index (χ2n) is 6.17. The fourth-order valence-electron chi connectivity index (χ4n) is 2.51. The van der Waals surface area contributed by atoms with Crippen LogP contribution in [0.15, 0.2) is 25.0 Å². The van der Waals surface area contributed by atoms with Crippen molar-refractivity contribution >= 4 is 5.97 Å². The van der Waals surface area contributed by atoms with Crippen LogP contribution >= 0.6 is 0 Å². The van der Waals surface area contributed by atoms with Gasteiger partial charge in [0.1, 0.15) is 0 Å². The molecule has 1 atom stereocenters. The first kappa shape index (κ1) is 21.9. The van der Waals surface area contributed by atoms with E-state index in [4.69, 9.17) is 0 Å². The van der Waals surface area contributed by atoms with Crippen LogP contribution in [0.25, 0.3) is 0 Å². The highest BCUT2D eigenvalue weighted by Gasteiger charge is 2.01. The van der Waals surface area contributed by atoms with Gasteiger partial charge in [-0.25, -0.2) is 0 Å². The third-order valence-electron chi connectivity index (χ3n) is 3.93. The third-order valence-corrected chi connectivity index (χ3v) is 3.93. The number of hydrogen-bond acceptors (Lipinski definition) is 3. The molecule has 0 aliphatic heterocycles. The molecule has 0 rings (SSSR count). The summed E-state index contributed by atoms with van der Waals surface area (Å²) in [6, 6.07) is 0. The van der Waals surface area contributed by atoms with E-state index in [0.717, 1.165) is 44.9 Å². The van der Waals surface area contributed by atoms with Crippen molar-refractivity contribution in [3.8, 4) is 0 Å². The topological polar surface area (TPSA) is 46.5 Å². The maximum absolute atomic E-state index is 11.1. The van der Waals surface area contributed by atoms with E-state index in [1.54, 1.807) is 0 Å². The molecule has 0 aliphatic carbocycles. The minimum atomic E-state index is -0.184. The van der Waals surface area contributed by atoms with Crippen molar-refractivity contribution < 1.29 is 14.6 Å². The Bertz CT molecular complexity index is 310. The second-order valence-corrected chi connectivity index (χ2v) is 6.17. The van der Waals surface area contributed by atoms with E-state index in [0.29, 0.717) is 6.42 Å². The second kappa shape index (κ2) is 17.3. The highest BCUT2D eigenvalue weighted by molar-refractivity contribution is 5.69. The Hall–Kier alpha value is -1.09. The Morgan fingerprint density at radius 2 is 1.74 bits per heavy atom. The van der Waals surface area contributed by atoms with E-state index >= 15 is 0 Å². The number of allylic oxidation sites excluding steroid dienone is 1. The predicted octanol–water partition coefficient (Wildman–Crippen LogP) is 5.68. The van der Waals surface area contributed by atoms with Gasteiger partial charge in [0.15, 0.2) is 0 Å². The molecule has 0 bridgehead atoms. The van der Waals surface area contributed by atoms with Gasteiger partial charge in [-0.2, -0.15) is 0 Å². The Labute approximate surface area is 142 Å². The summed E-state index contributed by atoms with van der Waals surface area (Å²) in [5, 5.41) is 9.84. The summed E-state index contributed by atoms with van der Waals surface area (Å²) < 4.78 is 4.67. The van der Waals surface area contributed by atoms with E-state index in [1.807, 2.05) is 0 Å². The largest absolute Gasteiger partial charge is 0.435 e. The van der Waals surface area contributed by atoms with Crippen LogP contribution in [0.3, 0.4) is 0 Å². The van der Waals surface area contributed by atoms with Gasteiger partial charge in [-0.1, -0.05) is 70.6 Å². The molecule has 23 heavy (non-hydrogen) atoms. The Morgan fingerprint density at radius 3 is 2.48 bits per heavy atom.